The van der Waals surface area contributed by atoms with Gasteiger partial charge in [0.05, 0.1) is 33.1 Å². The van der Waals surface area contributed by atoms with Crippen molar-refractivity contribution in [3.8, 4) is 17.2 Å². The number of rotatable bonds is 10. The van der Waals surface area contributed by atoms with Gasteiger partial charge < -0.3 is 24.0 Å². The Morgan fingerprint density at radius 3 is 2.28 bits per heavy atom. The zero-order valence-electron chi connectivity index (χ0n) is 27.0. The molecule has 0 bridgehead atoms. The molecule has 5 rings (SSSR count). The van der Waals surface area contributed by atoms with Gasteiger partial charge in [-0.05, 0) is 68.9 Å². The Bertz CT molecular complexity index is 1780. The summed E-state index contributed by atoms with van der Waals surface area (Å²) in [4.78, 5) is 34.2. The predicted octanol–water partition coefficient (Wildman–Crippen LogP) is 3.96. The topological polar surface area (TPSA) is 109 Å². The Morgan fingerprint density at radius 1 is 0.935 bits per heavy atom. The molecule has 2 heterocycles. The van der Waals surface area contributed by atoms with E-state index in [9.17, 15) is 13.2 Å². The lowest BCUT2D eigenvalue weighted by Gasteiger charge is -2.42. The lowest BCUT2D eigenvalue weighted by atomic mass is 9.80. The molecule has 0 aliphatic carbocycles. The minimum absolute atomic E-state index is 0.00705. The van der Waals surface area contributed by atoms with Crippen LogP contribution in [0.4, 0.5) is 5.69 Å². The van der Waals surface area contributed by atoms with Crippen molar-refractivity contribution >= 4 is 39.1 Å². The summed E-state index contributed by atoms with van der Waals surface area (Å²) < 4.78 is 46.9. The van der Waals surface area contributed by atoms with Crippen LogP contribution in [-0.2, 0) is 31.7 Å². The number of likely N-dealkylation sites (N-methyl/N-ethyl adjacent to an activating group) is 1. The number of benzene rings is 3. The molecule has 0 saturated carbocycles. The number of methoxy groups -OCH3 is 3. The Labute approximate surface area is 275 Å². The van der Waals surface area contributed by atoms with Gasteiger partial charge in [-0.15, -0.1) is 0 Å². The second kappa shape index (κ2) is 12.7. The molecule has 2 atom stereocenters. The maximum absolute atomic E-state index is 15.4. The molecule has 1 fully saturated rings. The first-order valence-corrected chi connectivity index (χ1v) is 16.6. The Balaban J connectivity index is 1.85. The third kappa shape index (κ3) is 5.36. The van der Waals surface area contributed by atoms with Gasteiger partial charge in [-0.3, -0.25) is 14.5 Å². The lowest BCUT2D eigenvalue weighted by molar-refractivity contribution is -0.138. The average Bonchev–Trinajstić information content (AvgIpc) is 3.60. The SMILES string of the molecule is COc1ccc(S(=O)(=O)N2C(=O)[C@](c3ccc(CN(C)C)cc3OC)(N3CCCC3C(=O)N(C)C)c3cc(Cl)ccc32)c(OC)c1. The first-order valence-electron chi connectivity index (χ1n) is 14.7. The lowest BCUT2D eigenvalue weighted by Crippen LogP contribution is -2.59. The number of halogens is 1. The highest BCUT2D eigenvalue weighted by molar-refractivity contribution is 7.93. The Morgan fingerprint density at radius 2 is 1.65 bits per heavy atom. The number of ether oxygens (including phenoxy) is 3. The van der Waals surface area contributed by atoms with Crippen molar-refractivity contribution < 1.29 is 32.2 Å². The molecular weight excluding hydrogens is 632 g/mol. The summed E-state index contributed by atoms with van der Waals surface area (Å²) in [7, 11) is 6.93. The highest BCUT2D eigenvalue weighted by Crippen LogP contribution is 2.55. The molecule has 1 unspecified atom stereocenters. The number of nitrogens with zero attached hydrogens (tertiary/aromatic N) is 4. The van der Waals surface area contributed by atoms with Crippen molar-refractivity contribution in [3.63, 3.8) is 0 Å². The second-order valence-corrected chi connectivity index (χ2v) is 14.0. The molecule has 1 saturated heterocycles. The van der Waals surface area contributed by atoms with Crippen LogP contribution < -0.4 is 18.5 Å². The van der Waals surface area contributed by atoms with Gasteiger partial charge in [-0.1, -0.05) is 23.7 Å². The van der Waals surface area contributed by atoms with Gasteiger partial charge in [0.25, 0.3) is 15.9 Å². The summed E-state index contributed by atoms with van der Waals surface area (Å²) in [6, 6.07) is 13.8. The fourth-order valence-corrected chi connectivity index (χ4v) is 8.36. The van der Waals surface area contributed by atoms with Crippen molar-refractivity contribution in [1.29, 1.82) is 0 Å². The van der Waals surface area contributed by atoms with Gasteiger partial charge in [0.15, 0.2) is 5.54 Å². The molecule has 46 heavy (non-hydrogen) atoms. The van der Waals surface area contributed by atoms with Crippen molar-refractivity contribution in [1.82, 2.24) is 14.7 Å². The first-order chi connectivity index (χ1) is 21.8. The Hall–Kier alpha value is -3.84. The number of fused-ring (bicyclic) bond motifs is 1. The van der Waals surface area contributed by atoms with E-state index in [1.54, 1.807) is 32.3 Å². The number of carbonyl (C=O) groups excluding carboxylic acids is 2. The normalized spacial score (nSPS) is 19.8. The zero-order valence-corrected chi connectivity index (χ0v) is 28.6. The van der Waals surface area contributed by atoms with Gasteiger partial charge in [0, 0.05) is 49.4 Å². The van der Waals surface area contributed by atoms with E-state index in [0.29, 0.717) is 53.6 Å². The van der Waals surface area contributed by atoms with Crippen LogP contribution in [0.5, 0.6) is 17.2 Å². The van der Waals surface area contributed by atoms with E-state index in [4.69, 9.17) is 25.8 Å². The zero-order chi connectivity index (χ0) is 33.6. The smallest absolute Gasteiger partial charge is 0.274 e. The van der Waals surface area contributed by atoms with E-state index in [2.05, 4.69) is 0 Å². The molecule has 246 valence electrons. The quantitative estimate of drug-likeness (QED) is 0.317. The largest absolute Gasteiger partial charge is 0.497 e. The molecule has 2 amide bonds. The van der Waals surface area contributed by atoms with Crippen LogP contribution in [0.3, 0.4) is 0 Å². The summed E-state index contributed by atoms with van der Waals surface area (Å²) in [6.07, 6.45) is 1.08. The van der Waals surface area contributed by atoms with Crippen LogP contribution in [0.25, 0.3) is 0 Å². The average molecular weight is 671 g/mol. The third-order valence-corrected chi connectivity index (χ3v) is 10.5. The molecule has 0 radical (unpaired) electrons. The number of amides is 2. The molecule has 2 aliphatic rings. The van der Waals surface area contributed by atoms with Crippen molar-refractivity contribution in [2.45, 2.75) is 35.9 Å². The van der Waals surface area contributed by atoms with Crippen LogP contribution in [0, 0.1) is 0 Å². The molecule has 0 N–H and O–H groups in total. The highest BCUT2D eigenvalue weighted by atomic mass is 35.5. The monoisotopic (exact) mass is 670 g/mol. The predicted molar refractivity (Wildman–Crippen MR) is 175 cm³/mol. The second-order valence-electron chi connectivity index (χ2n) is 11.8. The Kier molecular flexibility index (Phi) is 9.29. The van der Waals surface area contributed by atoms with Crippen LogP contribution in [0.1, 0.15) is 29.5 Å². The van der Waals surface area contributed by atoms with Crippen LogP contribution in [0.15, 0.2) is 59.5 Å². The molecular formula is C33H39ClN4O7S. The molecule has 3 aromatic carbocycles. The highest BCUT2D eigenvalue weighted by Gasteiger charge is 2.63. The molecule has 2 aliphatic heterocycles. The number of hydrogen-bond donors (Lipinski definition) is 0. The molecule has 0 spiro atoms. The van der Waals surface area contributed by atoms with Gasteiger partial charge >= 0.3 is 0 Å². The fourth-order valence-electron chi connectivity index (χ4n) is 6.59. The van der Waals surface area contributed by atoms with Crippen LogP contribution >= 0.6 is 11.6 Å². The van der Waals surface area contributed by atoms with E-state index < -0.39 is 27.5 Å². The maximum Gasteiger partial charge on any atom is 0.274 e. The number of anilines is 1. The number of carbonyl (C=O) groups is 2. The summed E-state index contributed by atoms with van der Waals surface area (Å²) in [5.41, 5.74) is -0.00838. The molecule has 3 aromatic rings. The van der Waals surface area contributed by atoms with E-state index >= 15 is 4.79 Å². The summed E-state index contributed by atoms with van der Waals surface area (Å²) in [5.74, 6) is -0.209. The van der Waals surface area contributed by atoms with Crippen molar-refractivity contribution in [2.75, 3.05) is 60.4 Å². The van der Waals surface area contributed by atoms with Gasteiger partial charge in [0.2, 0.25) is 5.91 Å². The van der Waals surface area contributed by atoms with Gasteiger partial charge in [-0.2, -0.15) is 0 Å². The van der Waals surface area contributed by atoms with Gasteiger partial charge in [0.1, 0.15) is 22.1 Å². The number of hydrogen-bond acceptors (Lipinski definition) is 9. The summed E-state index contributed by atoms with van der Waals surface area (Å²) in [5, 5.41) is 0.301. The minimum Gasteiger partial charge on any atom is -0.497 e. The van der Waals surface area contributed by atoms with E-state index in [-0.39, 0.29) is 22.2 Å². The third-order valence-electron chi connectivity index (χ3n) is 8.51. The standard InChI is InChI=1S/C33H39ClN4O7S/c1-35(2)20-21-10-13-24(28(17-21)44-6)33(37-16-8-9-27(37)31(39)36(3)4)25-18-22(34)11-14-26(25)38(32(33)40)46(41,42)30-15-12-23(43-5)19-29(30)45-7/h10-15,17-19,27H,8-9,16,20H2,1-7H3/t27?,33-/m1/s1. The van der Waals surface area contributed by atoms with Gasteiger partial charge in [-0.25, -0.2) is 12.7 Å². The van der Waals surface area contributed by atoms with E-state index in [0.717, 1.165) is 9.87 Å². The first kappa shape index (κ1) is 33.5. The minimum atomic E-state index is -4.60. The molecule has 0 aromatic heterocycles. The maximum atomic E-state index is 15.4. The van der Waals surface area contributed by atoms with Crippen LogP contribution in [-0.4, -0.2) is 97.0 Å². The van der Waals surface area contributed by atoms with Crippen molar-refractivity contribution in [3.05, 3.63) is 76.3 Å². The molecule has 11 nitrogen and oxygen atoms in total. The summed E-state index contributed by atoms with van der Waals surface area (Å²) in [6.45, 7) is 0.938. The molecule has 13 heteroatoms. The van der Waals surface area contributed by atoms with Crippen LogP contribution in [0.2, 0.25) is 5.02 Å². The number of sulfonamides is 1. The summed E-state index contributed by atoms with van der Waals surface area (Å²) >= 11 is 6.61. The van der Waals surface area contributed by atoms with E-state index in [1.807, 2.05) is 36.0 Å². The fraction of sp³-hybridized carbons (Fsp3) is 0.394. The van der Waals surface area contributed by atoms with Crippen molar-refractivity contribution in [2.24, 2.45) is 0 Å². The number of likely N-dealkylation sites (tertiary alicyclic amines) is 1. The van der Waals surface area contributed by atoms with E-state index in [1.165, 1.54) is 50.5 Å².